The summed E-state index contributed by atoms with van der Waals surface area (Å²) in [6.07, 6.45) is 0. The SMILES string of the molecule is C=C(C)C(=O)Oc1ccc(-c2ccc(OC(=O)C(=C)C)c(C)c2C)cc1. The Labute approximate surface area is 153 Å². The topological polar surface area (TPSA) is 52.6 Å². The first-order valence-corrected chi connectivity index (χ1v) is 8.16. The van der Waals surface area contributed by atoms with Crippen molar-refractivity contribution in [2.45, 2.75) is 27.7 Å². The summed E-state index contributed by atoms with van der Waals surface area (Å²) in [4.78, 5) is 23.3. The predicted molar refractivity (Wildman–Crippen MR) is 102 cm³/mol. The Balaban J connectivity index is 2.27. The molecule has 2 rings (SSSR count). The van der Waals surface area contributed by atoms with Gasteiger partial charge in [-0.05, 0) is 68.1 Å². The summed E-state index contributed by atoms with van der Waals surface area (Å²) in [7, 11) is 0. The lowest BCUT2D eigenvalue weighted by Crippen LogP contribution is -2.09. The maximum Gasteiger partial charge on any atom is 0.338 e. The minimum absolute atomic E-state index is 0.348. The third-order valence-corrected chi connectivity index (χ3v) is 4.01. The fraction of sp³-hybridized carbons (Fsp3) is 0.182. The van der Waals surface area contributed by atoms with Crippen LogP contribution in [0.15, 0.2) is 60.7 Å². The van der Waals surface area contributed by atoms with E-state index in [-0.39, 0.29) is 0 Å². The first-order valence-electron chi connectivity index (χ1n) is 8.16. The van der Waals surface area contributed by atoms with Gasteiger partial charge in [0.05, 0.1) is 0 Å². The Bertz CT molecular complexity index is 889. The highest BCUT2D eigenvalue weighted by Crippen LogP contribution is 2.32. The van der Waals surface area contributed by atoms with Crippen LogP contribution in [0, 0.1) is 13.8 Å². The molecule has 0 spiro atoms. The number of hydrogen-bond donors (Lipinski definition) is 0. The predicted octanol–water partition coefficient (Wildman–Crippen LogP) is 4.93. The summed E-state index contributed by atoms with van der Waals surface area (Å²) in [5.41, 5.74) is 4.57. The van der Waals surface area contributed by atoms with Crippen LogP contribution in [0.2, 0.25) is 0 Å². The Morgan fingerprint density at radius 2 is 1.31 bits per heavy atom. The van der Waals surface area contributed by atoms with Gasteiger partial charge < -0.3 is 9.47 Å². The van der Waals surface area contributed by atoms with E-state index in [0.29, 0.717) is 22.6 Å². The van der Waals surface area contributed by atoms with Gasteiger partial charge in [0.1, 0.15) is 11.5 Å². The molecule has 0 aliphatic heterocycles. The van der Waals surface area contributed by atoms with Crippen LogP contribution in [0.1, 0.15) is 25.0 Å². The zero-order valence-corrected chi connectivity index (χ0v) is 15.5. The maximum absolute atomic E-state index is 11.7. The Hall–Kier alpha value is -3.14. The quantitative estimate of drug-likeness (QED) is 0.436. The van der Waals surface area contributed by atoms with Gasteiger partial charge in [-0.1, -0.05) is 31.4 Å². The van der Waals surface area contributed by atoms with Crippen molar-refractivity contribution in [2.75, 3.05) is 0 Å². The lowest BCUT2D eigenvalue weighted by atomic mass is 9.96. The smallest absolute Gasteiger partial charge is 0.338 e. The van der Waals surface area contributed by atoms with Crippen molar-refractivity contribution < 1.29 is 19.1 Å². The molecular formula is C22H22O4. The van der Waals surface area contributed by atoms with Gasteiger partial charge in [0.25, 0.3) is 0 Å². The normalized spacial score (nSPS) is 10.2. The average molecular weight is 350 g/mol. The Morgan fingerprint density at radius 1 is 0.769 bits per heavy atom. The zero-order chi connectivity index (χ0) is 19.4. The molecule has 0 aromatic heterocycles. The van der Waals surface area contributed by atoms with Gasteiger partial charge in [0.2, 0.25) is 0 Å². The molecule has 134 valence electrons. The van der Waals surface area contributed by atoms with Gasteiger partial charge in [-0.25, -0.2) is 9.59 Å². The van der Waals surface area contributed by atoms with E-state index in [1.165, 1.54) is 0 Å². The molecule has 4 nitrogen and oxygen atoms in total. The number of carbonyl (C=O) groups is 2. The molecule has 0 atom stereocenters. The van der Waals surface area contributed by atoms with Crippen molar-refractivity contribution in [3.63, 3.8) is 0 Å². The van der Waals surface area contributed by atoms with Crippen molar-refractivity contribution in [3.8, 4) is 22.6 Å². The molecule has 0 radical (unpaired) electrons. The van der Waals surface area contributed by atoms with E-state index in [1.807, 2.05) is 32.0 Å². The third kappa shape index (κ3) is 4.28. The second-order valence-electron chi connectivity index (χ2n) is 6.23. The van der Waals surface area contributed by atoms with E-state index < -0.39 is 11.9 Å². The highest BCUT2D eigenvalue weighted by atomic mass is 16.5. The first kappa shape index (κ1) is 19.2. The van der Waals surface area contributed by atoms with Gasteiger partial charge in [0, 0.05) is 11.1 Å². The molecule has 0 heterocycles. The largest absolute Gasteiger partial charge is 0.423 e. The molecular weight excluding hydrogens is 328 g/mol. The second-order valence-corrected chi connectivity index (χ2v) is 6.23. The fourth-order valence-corrected chi connectivity index (χ4v) is 2.30. The Morgan fingerprint density at radius 3 is 1.85 bits per heavy atom. The van der Waals surface area contributed by atoms with Crippen LogP contribution in [-0.2, 0) is 9.59 Å². The monoisotopic (exact) mass is 350 g/mol. The summed E-state index contributed by atoms with van der Waals surface area (Å²) in [6.45, 7) is 14.2. The van der Waals surface area contributed by atoms with Crippen molar-refractivity contribution in [1.82, 2.24) is 0 Å². The Kier molecular flexibility index (Phi) is 5.78. The molecule has 0 unspecified atom stereocenters. The summed E-state index contributed by atoms with van der Waals surface area (Å²) in [5.74, 6) is 0.0896. The summed E-state index contributed by atoms with van der Waals surface area (Å²) in [5, 5.41) is 0. The minimum atomic E-state index is -0.451. The van der Waals surface area contributed by atoms with Gasteiger partial charge in [0.15, 0.2) is 0 Å². The van der Waals surface area contributed by atoms with Crippen LogP contribution in [0.3, 0.4) is 0 Å². The lowest BCUT2D eigenvalue weighted by molar-refractivity contribution is -0.131. The number of esters is 2. The average Bonchev–Trinajstić information content (AvgIpc) is 2.59. The maximum atomic E-state index is 11.7. The number of ether oxygens (including phenoxy) is 2. The van der Waals surface area contributed by atoms with Crippen LogP contribution in [0.25, 0.3) is 11.1 Å². The van der Waals surface area contributed by atoms with Crippen LogP contribution in [0.5, 0.6) is 11.5 Å². The number of rotatable bonds is 5. The second kappa shape index (κ2) is 7.83. The van der Waals surface area contributed by atoms with Crippen LogP contribution in [0.4, 0.5) is 0 Å². The van der Waals surface area contributed by atoms with E-state index in [4.69, 9.17) is 9.47 Å². The third-order valence-electron chi connectivity index (χ3n) is 4.01. The summed E-state index contributed by atoms with van der Waals surface area (Å²) >= 11 is 0. The van der Waals surface area contributed by atoms with Gasteiger partial charge >= 0.3 is 11.9 Å². The summed E-state index contributed by atoms with van der Waals surface area (Å²) < 4.78 is 10.6. The number of hydrogen-bond acceptors (Lipinski definition) is 4. The van der Waals surface area contributed by atoms with E-state index in [2.05, 4.69) is 13.2 Å². The van der Waals surface area contributed by atoms with Crippen LogP contribution >= 0.6 is 0 Å². The van der Waals surface area contributed by atoms with Crippen LogP contribution in [-0.4, -0.2) is 11.9 Å². The van der Waals surface area contributed by atoms with Gasteiger partial charge in [-0.3, -0.25) is 0 Å². The number of carbonyl (C=O) groups excluding carboxylic acids is 2. The molecule has 2 aromatic carbocycles. The molecule has 0 aliphatic carbocycles. The van der Waals surface area contributed by atoms with Crippen LogP contribution < -0.4 is 9.47 Å². The van der Waals surface area contributed by atoms with Crippen molar-refractivity contribution in [1.29, 1.82) is 0 Å². The van der Waals surface area contributed by atoms with E-state index in [0.717, 1.165) is 22.3 Å². The molecule has 26 heavy (non-hydrogen) atoms. The highest BCUT2D eigenvalue weighted by molar-refractivity contribution is 5.89. The molecule has 0 saturated heterocycles. The van der Waals surface area contributed by atoms with Crippen molar-refractivity contribution >= 4 is 11.9 Å². The van der Waals surface area contributed by atoms with Gasteiger partial charge in [-0.2, -0.15) is 0 Å². The van der Waals surface area contributed by atoms with Crippen molar-refractivity contribution in [2.24, 2.45) is 0 Å². The molecule has 4 heteroatoms. The molecule has 0 aliphatic rings. The molecule has 0 saturated carbocycles. The lowest BCUT2D eigenvalue weighted by Gasteiger charge is -2.14. The highest BCUT2D eigenvalue weighted by Gasteiger charge is 2.13. The minimum Gasteiger partial charge on any atom is -0.423 e. The fourth-order valence-electron chi connectivity index (χ4n) is 2.30. The van der Waals surface area contributed by atoms with E-state index in [9.17, 15) is 9.59 Å². The molecule has 0 bridgehead atoms. The molecule has 0 fully saturated rings. The van der Waals surface area contributed by atoms with E-state index in [1.54, 1.807) is 32.0 Å². The standard InChI is InChI=1S/C22H22O4/c1-13(2)21(23)25-18-9-7-17(8-10-18)19-11-12-20(16(6)15(19)5)26-22(24)14(3)4/h7-12H,1,3H2,2,4-6H3. The van der Waals surface area contributed by atoms with Gasteiger partial charge in [-0.15, -0.1) is 0 Å². The molecule has 0 amide bonds. The molecule has 0 N–H and O–H groups in total. The number of benzene rings is 2. The summed E-state index contributed by atoms with van der Waals surface area (Å²) in [6, 6.07) is 10.9. The molecule has 2 aromatic rings. The first-order chi connectivity index (χ1) is 12.2. The van der Waals surface area contributed by atoms with Crippen molar-refractivity contribution in [3.05, 3.63) is 71.8 Å². The van der Waals surface area contributed by atoms with E-state index >= 15 is 0 Å². The zero-order valence-electron chi connectivity index (χ0n) is 15.5.